The number of hydrogen-bond donors (Lipinski definition) is 2. The summed E-state index contributed by atoms with van der Waals surface area (Å²) in [5.41, 5.74) is 5.44. The number of hydrogen-bond acceptors (Lipinski definition) is 3. The van der Waals surface area contributed by atoms with E-state index in [0.717, 1.165) is 18.1 Å². The van der Waals surface area contributed by atoms with E-state index in [1.54, 1.807) is 19.0 Å². The van der Waals surface area contributed by atoms with Crippen LogP contribution in [0.3, 0.4) is 0 Å². The Hall–Kier alpha value is -2.29. The van der Waals surface area contributed by atoms with Crippen LogP contribution in [0.25, 0.3) is 0 Å². The number of carbonyl (C=O) groups is 1. The van der Waals surface area contributed by atoms with Crippen LogP contribution in [-0.2, 0) is 13.1 Å². The van der Waals surface area contributed by atoms with Crippen molar-refractivity contribution in [2.75, 3.05) is 39.6 Å². The van der Waals surface area contributed by atoms with E-state index in [9.17, 15) is 4.79 Å². The van der Waals surface area contributed by atoms with Crippen molar-refractivity contribution in [1.29, 1.82) is 0 Å². The number of nitrogens with zero attached hydrogens (tertiary/aromatic N) is 3. The Balaban J connectivity index is 0.00000450. The molecule has 0 heterocycles. The first kappa shape index (κ1) is 25.7. The van der Waals surface area contributed by atoms with Crippen molar-refractivity contribution >= 4 is 41.5 Å². The monoisotopic (exact) mass is 523 g/mol. The second kappa shape index (κ2) is 12.4. The van der Waals surface area contributed by atoms with Crippen LogP contribution in [0.4, 0.5) is 5.69 Å². The molecule has 0 atom stereocenters. The fourth-order valence-corrected chi connectivity index (χ4v) is 2.86. The highest BCUT2D eigenvalue weighted by molar-refractivity contribution is 14.0. The minimum atomic E-state index is 0. The molecule has 0 aliphatic heterocycles. The Morgan fingerprint density at radius 1 is 1.00 bits per heavy atom. The van der Waals surface area contributed by atoms with Crippen LogP contribution in [0.1, 0.15) is 34.0 Å². The molecule has 0 spiro atoms. The van der Waals surface area contributed by atoms with Crippen molar-refractivity contribution in [3.63, 3.8) is 0 Å². The number of carbonyl (C=O) groups excluding carboxylic acids is 1. The molecule has 0 fully saturated rings. The van der Waals surface area contributed by atoms with E-state index >= 15 is 0 Å². The van der Waals surface area contributed by atoms with Gasteiger partial charge in [-0.15, -0.1) is 24.0 Å². The highest BCUT2D eigenvalue weighted by atomic mass is 127. The molecule has 2 N–H and O–H groups in total. The van der Waals surface area contributed by atoms with Gasteiger partial charge in [0.2, 0.25) is 0 Å². The van der Waals surface area contributed by atoms with Gasteiger partial charge in [0.05, 0.1) is 6.54 Å². The second-order valence-electron chi connectivity index (χ2n) is 7.45. The number of guanidine groups is 1. The molecule has 0 aliphatic carbocycles. The van der Waals surface area contributed by atoms with Gasteiger partial charge in [0.1, 0.15) is 0 Å². The van der Waals surface area contributed by atoms with Crippen molar-refractivity contribution in [3.8, 4) is 0 Å². The number of aryl methyl sites for hydroxylation is 1. The van der Waals surface area contributed by atoms with Crippen LogP contribution < -0.4 is 15.5 Å². The lowest BCUT2D eigenvalue weighted by Gasteiger charge is -2.16. The number of benzene rings is 2. The molecule has 7 heteroatoms. The van der Waals surface area contributed by atoms with Crippen molar-refractivity contribution in [2.45, 2.75) is 26.9 Å². The molecule has 6 nitrogen and oxygen atoms in total. The van der Waals surface area contributed by atoms with E-state index in [1.165, 1.54) is 16.8 Å². The molecule has 2 aromatic rings. The number of anilines is 1. The van der Waals surface area contributed by atoms with Crippen molar-refractivity contribution in [3.05, 3.63) is 64.7 Å². The second-order valence-corrected chi connectivity index (χ2v) is 7.45. The fourth-order valence-electron chi connectivity index (χ4n) is 2.86. The first-order chi connectivity index (χ1) is 13.8. The van der Waals surface area contributed by atoms with Gasteiger partial charge in [-0.25, -0.2) is 4.99 Å². The highest BCUT2D eigenvalue weighted by Crippen LogP contribution is 2.17. The van der Waals surface area contributed by atoms with E-state index in [2.05, 4.69) is 52.6 Å². The quantitative estimate of drug-likeness (QED) is 0.331. The summed E-state index contributed by atoms with van der Waals surface area (Å²) in [7, 11) is 7.60. The Morgan fingerprint density at radius 2 is 1.67 bits per heavy atom. The zero-order valence-corrected chi connectivity index (χ0v) is 21.2. The molecule has 2 rings (SSSR count). The lowest BCUT2D eigenvalue weighted by atomic mass is 10.1. The molecular formula is C23H34IN5O. The van der Waals surface area contributed by atoms with Gasteiger partial charge in [0.25, 0.3) is 5.91 Å². The third kappa shape index (κ3) is 7.51. The molecule has 2 aromatic carbocycles. The predicted octanol–water partition coefficient (Wildman–Crippen LogP) is 3.64. The van der Waals surface area contributed by atoms with Gasteiger partial charge >= 0.3 is 0 Å². The molecule has 164 valence electrons. The maximum Gasteiger partial charge on any atom is 0.253 e. The summed E-state index contributed by atoms with van der Waals surface area (Å²) in [5.74, 6) is 0.780. The Kier molecular flexibility index (Phi) is 10.7. The minimum absolute atomic E-state index is 0. The summed E-state index contributed by atoms with van der Waals surface area (Å²) < 4.78 is 0. The van der Waals surface area contributed by atoms with Crippen LogP contribution in [0.15, 0.2) is 47.5 Å². The van der Waals surface area contributed by atoms with Gasteiger partial charge in [0, 0.05) is 52.5 Å². The van der Waals surface area contributed by atoms with Crippen LogP contribution >= 0.6 is 24.0 Å². The molecule has 0 bridgehead atoms. The molecule has 0 saturated heterocycles. The maximum absolute atomic E-state index is 12.0. The summed E-state index contributed by atoms with van der Waals surface area (Å²) in [6, 6.07) is 14.1. The largest absolute Gasteiger partial charge is 0.378 e. The number of aliphatic imine (C=N–C) groups is 1. The Bertz CT molecular complexity index is 847. The summed E-state index contributed by atoms with van der Waals surface area (Å²) in [4.78, 5) is 20.3. The smallest absolute Gasteiger partial charge is 0.253 e. The van der Waals surface area contributed by atoms with Gasteiger partial charge < -0.3 is 20.4 Å². The number of halogens is 1. The maximum atomic E-state index is 12.0. The van der Waals surface area contributed by atoms with E-state index in [-0.39, 0.29) is 29.9 Å². The molecule has 1 amide bonds. The zero-order valence-electron chi connectivity index (χ0n) is 18.8. The average Bonchev–Trinajstić information content (AvgIpc) is 2.70. The van der Waals surface area contributed by atoms with Gasteiger partial charge in [-0.2, -0.15) is 0 Å². The van der Waals surface area contributed by atoms with Crippen molar-refractivity contribution < 1.29 is 4.79 Å². The molecular weight excluding hydrogens is 489 g/mol. The summed E-state index contributed by atoms with van der Waals surface area (Å²) in [6.07, 6.45) is 0. The molecule has 0 aromatic heterocycles. The lowest BCUT2D eigenvalue weighted by Crippen LogP contribution is -2.37. The van der Waals surface area contributed by atoms with Crippen LogP contribution in [0.2, 0.25) is 0 Å². The fraction of sp³-hybridized carbons (Fsp3) is 0.391. The van der Waals surface area contributed by atoms with Gasteiger partial charge in [-0.1, -0.05) is 18.2 Å². The minimum Gasteiger partial charge on any atom is -0.378 e. The standard InChI is InChI=1S/C23H33N5O.HI/c1-7-24-23(26-16-20-12-13-21(27(3)4)14-17(20)2)25-15-18-8-10-19(11-9-18)22(29)28(5)6;/h8-14H,7,15-16H2,1-6H3,(H2,24,25,26);1H. The highest BCUT2D eigenvalue weighted by Gasteiger charge is 2.07. The summed E-state index contributed by atoms with van der Waals surface area (Å²) in [6.45, 7) is 6.23. The zero-order chi connectivity index (χ0) is 21.4. The third-order valence-electron chi connectivity index (χ3n) is 4.66. The Labute approximate surface area is 197 Å². The predicted molar refractivity (Wildman–Crippen MR) is 137 cm³/mol. The number of nitrogens with one attached hydrogen (secondary N) is 2. The first-order valence-electron chi connectivity index (χ1n) is 9.91. The van der Waals surface area contributed by atoms with Crippen molar-refractivity contribution in [2.24, 2.45) is 4.99 Å². The summed E-state index contributed by atoms with van der Waals surface area (Å²) >= 11 is 0. The molecule has 30 heavy (non-hydrogen) atoms. The third-order valence-corrected chi connectivity index (χ3v) is 4.66. The molecule has 0 radical (unpaired) electrons. The van der Waals surface area contributed by atoms with Crippen LogP contribution in [0, 0.1) is 6.92 Å². The topological polar surface area (TPSA) is 60.0 Å². The van der Waals surface area contributed by atoms with Gasteiger partial charge in [0.15, 0.2) is 5.96 Å². The Morgan fingerprint density at radius 3 is 2.20 bits per heavy atom. The van der Waals surface area contributed by atoms with Crippen LogP contribution in [0.5, 0.6) is 0 Å². The molecule has 0 aliphatic rings. The average molecular weight is 523 g/mol. The van der Waals surface area contributed by atoms with E-state index in [0.29, 0.717) is 18.7 Å². The molecule has 0 unspecified atom stereocenters. The summed E-state index contributed by atoms with van der Waals surface area (Å²) in [5, 5.41) is 6.69. The number of amides is 1. The van der Waals surface area contributed by atoms with Crippen molar-refractivity contribution in [1.82, 2.24) is 15.5 Å². The first-order valence-corrected chi connectivity index (χ1v) is 9.91. The van der Waals surface area contributed by atoms with E-state index in [4.69, 9.17) is 0 Å². The number of rotatable bonds is 7. The van der Waals surface area contributed by atoms with Crippen LogP contribution in [-0.4, -0.2) is 51.5 Å². The van der Waals surface area contributed by atoms with Gasteiger partial charge in [-0.3, -0.25) is 4.79 Å². The normalized spacial score (nSPS) is 10.8. The molecule has 0 saturated carbocycles. The van der Waals surface area contributed by atoms with E-state index in [1.807, 2.05) is 38.4 Å². The lowest BCUT2D eigenvalue weighted by molar-refractivity contribution is 0.0827. The van der Waals surface area contributed by atoms with E-state index < -0.39 is 0 Å². The van der Waals surface area contributed by atoms with Gasteiger partial charge in [-0.05, 0) is 54.8 Å². The SMILES string of the molecule is CCNC(=NCc1ccc(C(=O)N(C)C)cc1)NCc1ccc(N(C)C)cc1C.I.